The maximum Gasteiger partial charge on any atom is 0.276 e. The molecule has 6 heteroatoms. The number of nitrogens with zero attached hydrogens (tertiary/aromatic N) is 3. The molecule has 0 spiro atoms. The van der Waals surface area contributed by atoms with E-state index in [1.165, 1.54) is 0 Å². The second kappa shape index (κ2) is 7.93. The van der Waals surface area contributed by atoms with Crippen molar-refractivity contribution in [2.45, 2.75) is 45.6 Å². The summed E-state index contributed by atoms with van der Waals surface area (Å²) in [5.41, 5.74) is 0.448. The predicted molar refractivity (Wildman–Crippen MR) is 88.8 cm³/mol. The van der Waals surface area contributed by atoms with Crippen LogP contribution in [0, 0.1) is 6.92 Å². The Morgan fingerprint density at radius 1 is 1.43 bits per heavy atom. The molecule has 1 amide bonds. The number of carbonyl (C=O) groups excluding carboxylic acids is 1. The first-order valence-corrected chi connectivity index (χ1v) is 8.39. The molecule has 0 aliphatic carbocycles. The summed E-state index contributed by atoms with van der Waals surface area (Å²) in [5, 5.41) is 0. The van der Waals surface area contributed by atoms with Crippen molar-refractivity contribution in [2.24, 2.45) is 0 Å². The van der Waals surface area contributed by atoms with Crippen LogP contribution in [0.15, 0.2) is 4.42 Å². The lowest BCUT2D eigenvalue weighted by atomic mass is 10.0. The van der Waals surface area contributed by atoms with E-state index in [9.17, 15) is 4.79 Å². The maximum atomic E-state index is 13.0. The van der Waals surface area contributed by atoms with Crippen LogP contribution in [0.3, 0.4) is 0 Å². The SMILES string of the molecule is COCCN(C(=O)c1nc(C(C)C)oc1C)C1CCN(C)CC1. The van der Waals surface area contributed by atoms with Crippen LogP contribution in [0.1, 0.15) is 54.7 Å². The van der Waals surface area contributed by atoms with Gasteiger partial charge in [0.2, 0.25) is 0 Å². The van der Waals surface area contributed by atoms with Gasteiger partial charge in [-0.1, -0.05) is 13.8 Å². The van der Waals surface area contributed by atoms with Crippen molar-refractivity contribution < 1.29 is 13.9 Å². The van der Waals surface area contributed by atoms with Gasteiger partial charge in [-0.05, 0) is 39.9 Å². The molecular formula is C17H29N3O3. The van der Waals surface area contributed by atoms with Gasteiger partial charge in [-0.25, -0.2) is 4.98 Å². The fourth-order valence-electron chi connectivity index (χ4n) is 2.94. The van der Waals surface area contributed by atoms with Gasteiger partial charge in [0, 0.05) is 25.6 Å². The fraction of sp³-hybridized carbons (Fsp3) is 0.765. The molecule has 1 aromatic heterocycles. The standard InChI is InChI=1S/C17H29N3O3/c1-12(2)16-18-15(13(3)23-16)17(21)20(10-11-22-5)14-6-8-19(4)9-7-14/h12,14H,6-11H2,1-5H3. The van der Waals surface area contributed by atoms with Gasteiger partial charge in [-0.3, -0.25) is 4.79 Å². The summed E-state index contributed by atoms with van der Waals surface area (Å²) < 4.78 is 10.9. The molecule has 1 aliphatic heterocycles. The van der Waals surface area contributed by atoms with Crippen LogP contribution in [0.2, 0.25) is 0 Å². The van der Waals surface area contributed by atoms with Crippen molar-refractivity contribution in [1.82, 2.24) is 14.8 Å². The van der Waals surface area contributed by atoms with E-state index in [2.05, 4.69) is 16.9 Å². The Labute approximate surface area is 138 Å². The Morgan fingerprint density at radius 3 is 2.61 bits per heavy atom. The Morgan fingerprint density at radius 2 is 2.09 bits per heavy atom. The van der Waals surface area contributed by atoms with Gasteiger partial charge >= 0.3 is 0 Å². The van der Waals surface area contributed by atoms with E-state index in [1.807, 2.05) is 25.7 Å². The topological polar surface area (TPSA) is 58.8 Å². The lowest BCUT2D eigenvalue weighted by molar-refractivity contribution is 0.0498. The zero-order chi connectivity index (χ0) is 17.0. The zero-order valence-corrected chi connectivity index (χ0v) is 15.0. The lowest BCUT2D eigenvalue weighted by Crippen LogP contribution is -2.48. The third-order valence-electron chi connectivity index (χ3n) is 4.44. The number of aromatic nitrogens is 1. The van der Waals surface area contributed by atoms with E-state index < -0.39 is 0 Å². The normalized spacial score (nSPS) is 17.0. The number of rotatable bonds is 6. The van der Waals surface area contributed by atoms with Crippen LogP contribution in [0.4, 0.5) is 0 Å². The highest BCUT2D eigenvalue weighted by Gasteiger charge is 2.30. The zero-order valence-electron chi connectivity index (χ0n) is 15.0. The first-order chi connectivity index (χ1) is 10.9. The van der Waals surface area contributed by atoms with E-state index in [0.29, 0.717) is 30.5 Å². The van der Waals surface area contributed by atoms with E-state index in [-0.39, 0.29) is 17.9 Å². The highest BCUT2D eigenvalue weighted by molar-refractivity contribution is 5.93. The lowest BCUT2D eigenvalue weighted by Gasteiger charge is -2.37. The van der Waals surface area contributed by atoms with Gasteiger partial charge in [0.25, 0.3) is 5.91 Å². The number of likely N-dealkylation sites (tertiary alicyclic amines) is 1. The molecule has 2 rings (SSSR count). The number of piperidine rings is 1. The summed E-state index contributed by atoms with van der Waals surface area (Å²) >= 11 is 0. The van der Waals surface area contributed by atoms with Crippen molar-refractivity contribution in [3.8, 4) is 0 Å². The molecular weight excluding hydrogens is 294 g/mol. The highest BCUT2D eigenvalue weighted by atomic mass is 16.5. The van der Waals surface area contributed by atoms with E-state index >= 15 is 0 Å². The minimum atomic E-state index is -0.0373. The third kappa shape index (κ3) is 4.32. The van der Waals surface area contributed by atoms with Crippen molar-refractivity contribution >= 4 is 5.91 Å². The molecule has 0 atom stereocenters. The number of oxazole rings is 1. The largest absolute Gasteiger partial charge is 0.445 e. The number of aryl methyl sites for hydroxylation is 1. The monoisotopic (exact) mass is 323 g/mol. The number of hydrogen-bond acceptors (Lipinski definition) is 5. The summed E-state index contributed by atoms with van der Waals surface area (Å²) in [6.07, 6.45) is 1.97. The Hall–Kier alpha value is -1.40. The molecule has 0 aromatic carbocycles. The number of amides is 1. The molecule has 1 aromatic rings. The van der Waals surface area contributed by atoms with Gasteiger partial charge in [0.15, 0.2) is 11.6 Å². The van der Waals surface area contributed by atoms with Gasteiger partial charge in [0.05, 0.1) is 6.61 Å². The average molecular weight is 323 g/mol. The molecule has 0 N–H and O–H groups in total. The second-order valence-electron chi connectivity index (χ2n) is 6.64. The number of carbonyl (C=O) groups is 1. The van der Waals surface area contributed by atoms with Crippen LogP contribution in [0.25, 0.3) is 0 Å². The number of methoxy groups -OCH3 is 1. The smallest absolute Gasteiger partial charge is 0.276 e. The minimum absolute atomic E-state index is 0.0373. The van der Waals surface area contributed by atoms with Crippen LogP contribution < -0.4 is 0 Å². The summed E-state index contributed by atoms with van der Waals surface area (Å²) in [5.74, 6) is 1.37. The molecule has 1 saturated heterocycles. The molecule has 0 unspecified atom stereocenters. The highest BCUT2D eigenvalue weighted by Crippen LogP contribution is 2.22. The Balaban J connectivity index is 2.19. The van der Waals surface area contributed by atoms with Crippen molar-refractivity contribution in [1.29, 1.82) is 0 Å². The number of ether oxygens (including phenoxy) is 1. The van der Waals surface area contributed by atoms with Crippen molar-refractivity contribution in [2.75, 3.05) is 40.4 Å². The predicted octanol–water partition coefficient (Wildman–Crippen LogP) is 2.29. The summed E-state index contributed by atoms with van der Waals surface area (Å²) in [6.45, 7) is 8.99. The molecule has 1 aliphatic rings. The molecule has 130 valence electrons. The molecule has 1 fully saturated rings. The minimum Gasteiger partial charge on any atom is -0.445 e. The van der Waals surface area contributed by atoms with Crippen LogP contribution in [-0.4, -0.2) is 67.1 Å². The Bertz CT molecular complexity index is 519. The van der Waals surface area contributed by atoms with Crippen LogP contribution >= 0.6 is 0 Å². The summed E-state index contributed by atoms with van der Waals surface area (Å²) in [7, 11) is 3.78. The van der Waals surface area contributed by atoms with E-state index in [4.69, 9.17) is 9.15 Å². The van der Waals surface area contributed by atoms with Crippen LogP contribution in [0.5, 0.6) is 0 Å². The van der Waals surface area contributed by atoms with Crippen molar-refractivity contribution in [3.05, 3.63) is 17.3 Å². The van der Waals surface area contributed by atoms with E-state index in [0.717, 1.165) is 25.9 Å². The first kappa shape index (κ1) is 17.9. The second-order valence-corrected chi connectivity index (χ2v) is 6.64. The van der Waals surface area contributed by atoms with Gasteiger partial charge < -0.3 is 19.0 Å². The van der Waals surface area contributed by atoms with Crippen LogP contribution in [-0.2, 0) is 4.74 Å². The quantitative estimate of drug-likeness (QED) is 0.804. The molecule has 0 bridgehead atoms. The maximum absolute atomic E-state index is 13.0. The van der Waals surface area contributed by atoms with E-state index in [1.54, 1.807) is 7.11 Å². The van der Waals surface area contributed by atoms with Crippen molar-refractivity contribution in [3.63, 3.8) is 0 Å². The Kier molecular flexibility index (Phi) is 6.18. The summed E-state index contributed by atoms with van der Waals surface area (Å²) in [4.78, 5) is 21.7. The number of hydrogen-bond donors (Lipinski definition) is 0. The molecule has 23 heavy (non-hydrogen) atoms. The summed E-state index contributed by atoms with van der Waals surface area (Å²) in [6, 6.07) is 0.243. The van der Waals surface area contributed by atoms with Gasteiger partial charge in [-0.2, -0.15) is 0 Å². The first-order valence-electron chi connectivity index (χ1n) is 8.39. The molecule has 0 radical (unpaired) electrons. The fourth-order valence-corrected chi connectivity index (χ4v) is 2.94. The molecule has 6 nitrogen and oxygen atoms in total. The van der Waals surface area contributed by atoms with Gasteiger partial charge in [0.1, 0.15) is 5.76 Å². The third-order valence-corrected chi connectivity index (χ3v) is 4.44. The molecule has 0 saturated carbocycles. The van der Waals surface area contributed by atoms with Gasteiger partial charge in [-0.15, -0.1) is 0 Å². The average Bonchev–Trinajstić information content (AvgIpc) is 2.91. The molecule has 2 heterocycles.